The Bertz CT molecular complexity index is 447. The number of hydrogen-bond acceptors (Lipinski definition) is 1. The summed E-state index contributed by atoms with van der Waals surface area (Å²) in [5.41, 5.74) is 4.78. The van der Waals surface area contributed by atoms with Gasteiger partial charge in [-0.1, -0.05) is 32.0 Å². The lowest BCUT2D eigenvalue weighted by Gasteiger charge is -2.26. The maximum atomic E-state index is 2.73. The van der Waals surface area contributed by atoms with Crippen LogP contribution in [0.15, 0.2) is 18.2 Å². The zero-order valence-corrected chi connectivity index (χ0v) is 12.1. The Morgan fingerprint density at radius 2 is 1.72 bits per heavy atom. The molecule has 0 saturated carbocycles. The van der Waals surface area contributed by atoms with E-state index in [0.717, 1.165) is 5.92 Å². The first-order chi connectivity index (χ1) is 8.58. The summed E-state index contributed by atoms with van der Waals surface area (Å²) in [6, 6.07) is 9.34. The molecule has 0 spiro atoms. The van der Waals surface area contributed by atoms with Crippen LogP contribution in [0.2, 0.25) is 0 Å². The summed E-state index contributed by atoms with van der Waals surface area (Å²) in [5, 5.41) is 0. The van der Waals surface area contributed by atoms with E-state index in [2.05, 4.69) is 50.8 Å². The second-order valence-corrected chi connectivity index (χ2v) is 6.71. The number of nitrogens with zero attached hydrogens (tertiary/aromatic N) is 1. The minimum Gasteiger partial charge on any atom is -0.287 e. The van der Waals surface area contributed by atoms with E-state index < -0.39 is 0 Å². The van der Waals surface area contributed by atoms with Crippen LogP contribution < -0.4 is 0 Å². The first-order valence-electron chi connectivity index (χ1n) is 7.48. The molecule has 2 atom stereocenters. The van der Waals surface area contributed by atoms with Gasteiger partial charge in [-0.25, -0.2) is 0 Å². The minimum atomic E-state index is 0.670. The van der Waals surface area contributed by atoms with Crippen molar-refractivity contribution in [1.29, 1.82) is 0 Å². The fraction of sp³-hybridized carbons (Fsp3) is 0.647. The van der Waals surface area contributed by atoms with Crippen LogP contribution in [0.25, 0.3) is 0 Å². The summed E-state index contributed by atoms with van der Waals surface area (Å²) in [5.74, 6) is 0.753. The van der Waals surface area contributed by atoms with Crippen LogP contribution in [0, 0.1) is 5.92 Å². The van der Waals surface area contributed by atoms with E-state index in [-0.39, 0.29) is 0 Å². The fourth-order valence-corrected chi connectivity index (χ4v) is 4.00. The second-order valence-electron chi connectivity index (χ2n) is 6.71. The Morgan fingerprint density at radius 1 is 1.06 bits per heavy atom. The van der Waals surface area contributed by atoms with Gasteiger partial charge in [0.15, 0.2) is 0 Å². The minimum absolute atomic E-state index is 0.670. The molecule has 18 heavy (non-hydrogen) atoms. The lowest BCUT2D eigenvalue weighted by Crippen LogP contribution is -2.27. The van der Waals surface area contributed by atoms with E-state index in [0.29, 0.717) is 18.1 Å². The van der Waals surface area contributed by atoms with E-state index >= 15 is 0 Å². The van der Waals surface area contributed by atoms with Crippen LogP contribution in [-0.4, -0.2) is 10.9 Å². The van der Waals surface area contributed by atoms with Gasteiger partial charge >= 0.3 is 0 Å². The van der Waals surface area contributed by atoms with Gasteiger partial charge in [0.2, 0.25) is 0 Å². The van der Waals surface area contributed by atoms with Crippen LogP contribution >= 0.6 is 0 Å². The maximum Gasteiger partial charge on any atom is 0.0361 e. The SMILES string of the molecule is CC(C)Cc1ccc2c(c1)C1CCC2N1C(C)C. The van der Waals surface area contributed by atoms with E-state index in [1.165, 1.54) is 24.8 Å². The molecule has 3 rings (SSSR count). The van der Waals surface area contributed by atoms with Crippen molar-refractivity contribution in [2.24, 2.45) is 5.92 Å². The van der Waals surface area contributed by atoms with Gasteiger partial charge in [0.25, 0.3) is 0 Å². The number of hydrogen-bond donors (Lipinski definition) is 0. The van der Waals surface area contributed by atoms with Gasteiger partial charge in [0, 0.05) is 18.1 Å². The van der Waals surface area contributed by atoms with Crippen LogP contribution in [0.5, 0.6) is 0 Å². The van der Waals surface area contributed by atoms with Crippen molar-refractivity contribution in [3.05, 3.63) is 34.9 Å². The summed E-state index contributed by atoms with van der Waals surface area (Å²) in [6.07, 6.45) is 3.94. The molecule has 1 heteroatoms. The average molecular weight is 243 g/mol. The molecule has 2 aliphatic rings. The summed E-state index contributed by atoms with van der Waals surface area (Å²) < 4.78 is 0. The molecule has 1 nitrogen and oxygen atoms in total. The van der Waals surface area contributed by atoms with Crippen molar-refractivity contribution >= 4 is 0 Å². The Balaban J connectivity index is 1.94. The molecule has 2 aliphatic heterocycles. The van der Waals surface area contributed by atoms with Crippen LogP contribution in [0.1, 0.15) is 69.3 Å². The fourth-order valence-electron chi connectivity index (χ4n) is 4.00. The molecule has 0 aromatic heterocycles. The molecular weight excluding hydrogens is 218 g/mol. The van der Waals surface area contributed by atoms with E-state index in [1.807, 2.05) is 0 Å². The Hall–Kier alpha value is -0.820. The highest BCUT2D eigenvalue weighted by molar-refractivity contribution is 5.43. The van der Waals surface area contributed by atoms with Gasteiger partial charge in [-0.05, 0) is 55.7 Å². The highest BCUT2D eigenvalue weighted by atomic mass is 15.3. The molecule has 98 valence electrons. The Labute approximate surface area is 111 Å². The number of fused-ring (bicyclic) bond motifs is 5. The molecule has 1 aromatic rings. The molecule has 1 aromatic carbocycles. The van der Waals surface area contributed by atoms with E-state index in [9.17, 15) is 0 Å². The standard InChI is InChI=1S/C17H25N/c1-11(2)9-13-5-6-14-15(10-13)17-8-7-16(14)18(17)12(3)4/h5-6,10-12,16-17H,7-9H2,1-4H3. The van der Waals surface area contributed by atoms with E-state index in [4.69, 9.17) is 0 Å². The first kappa shape index (κ1) is 12.2. The maximum absolute atomic E-state index is 2.73. The van der Waals surface area contributed by atoms with Crippen molar-refractivity contribution in [3.8, 4) is 0 Å². The van der Waals surface area contributed by atoms with Crippen molar-refractivity contribution in [2.45, 2.75) is 65.1 Å². The molecule has 1 fully saturated rings. The molecule has 0 N–H and O–H groups in total. The highest BCUT2D eigenvalue weighted by Crippen LogP contribution is 2.54. The molecular formula is C17H25N. The number of rotatable bonds is 3. The van der Waals surface area contributed by atoms with Crippen LogP contribution in [-0.2, 0) is 6.42 Å². The summed E-state index contributed by atoms with van der Waals surface area (Å²) >= 11 is 0. The van der Waals surface area contributed by atoms with Gasteiger partial charge in [-0.2, -0.15) is 0 Å². The third kappa shape index (κ3) is 1.80. The lowest BCUT2D eigenvalue weighted by atomic mass is 9.89. The molecule has 0 amide bonds. The summed E-state index contributed by atoms with van der Waals surface area (Å²) in [4.78, 5) is 2.73. The van der Waals surface area contributed by atoms with Gasteiger partial charge in [-0.3, -0.25) is 4.90 Å². The average Bonchev–Trinajstić information content (AvgIpc) is 2.83. The van der Waals surface area contributed by atoms with E-state index in [1.54, 1.807) is 11.1 Å². The Morgan fingerprint density at radius 3 is 2.33 bits per heavy atom. The molecule has 0 radical (unpaired) electrons. The van der Waals surface area contributed by atoms with Crippen molar-refractivity contribution in [1.82, 2.24) is 4.90 Å². The molecule has 2 heterocycles. The normalized spacial score (nSPS) is 26.3. The van der Waals surface area contributed by atoms with Gasteiger partial charge < -0.3 is 0 Å². The molecule has 2 bridgehead atoms. The third-order valence-corrected chi connectivity index (χ3v) is 4.54. The first-order valence-corrected chi connectivity index (χ1v) is 7.48. The number of benzene rings is 1. The summed E-state index contributed by atoms with van der Waals surface area (Å²) in [7, 11) is 0. The van der Waals surface area contributed by atoms with Crippen molar-refractivity contribution < 1.29 is 0 Å². The van der Waals surface area contributed by atoms with Gasteiger partial charge in [0.1, 0.15) is 0 Å². The van der Waals surface area contributed by atoms with Crippen molar-refractivity contribution in [3.63, 3.8) is 0 Å². The van der Waals surface area contributed by atoms with Crippen LogP contribution in [0.3, 0.4) is 0 Å². The lowest BCUT2D eigenvalue weighted by molar-refractivity contribution is 0.174. The monoisotopic (exact) mass is 243 g/mol. The topological polar surface area (TPSA) is 3.24 Å². The predicted molar refractivity (Wildman–Crippen MR) is 76.7 cm³/mol. The second kappa shape index (κ2) is 4.38. The smallest absolute Gasteiger partial charge is 0.0361 e. The van der Waals surface area contributed by atoms with Crippen molar-refractivity contribution in [2.75, 3.05) is 0 Å². The molecule has 2 unspecified atom stereocenters. The zero-order chi connectivity index (χ0) is 12.9. The quantitative estimate of drug-likeness (QED) is 0.756. The van der Waals surface area contributed by atoms with Crippen LogP contribution in [0.4, 0.5) is 0 Å². The molecule has 0 aliphatic carbocycles. The highest BCUT2D eigenvalue weighted by Gasteiger charge is 2.44. The predicted octanol–water partition coefficient (Wildman–Crippen LogP) is 4.49. The molecule has 1 saturated heterocycles. The van der Waals surface area contributed by atoms with Gasteiger partial charge in [-0.15, -0.1) is 0 Å². The largest absolute Gasteiger partial charge is 0.287 e. The Kier molecular flexibility index (Phi) is 2.97. The third-order valence-electron chi connectivity index (χ3n) is 4.54. The van der Waals surface area contributed by atoms with Gasteiger partial charge in [0.05, 0.1) is 0 Å². The zero-order valence-electron chi connectivity index (χ0n) is 12.1. The summed E-state index contributed by atoms with van der Waals surface area (Å²) in [6.45, 7) is 9.29.